The predicted molar refractivity (Wildman–Crippen MR) is 57.4 cm³/mol. The van der Waals surface area contributed by atoms with E-state index in [4.69, 9.17) is 0 Å². The zero-order valence-electron chi connectivity index (χ0n) is 9.24. The lowest BCUT2D eigenvalue weighted by Gasteiger charge is -2.08. The number of unbranched alkanes of at least 4 members (excludes halogenated alkanes) is 1. The lowest BCUT2D eigenvalue weighted by Crippen LogP contribution is -1.88. The SMILES string of the molecule is CCCC/C(CC)=C(\C)CCC. The van der Waals surface area contributed by atoms with Gasteiger partial charge in [-0.1, -0.05) is 44.8 Å². The molecule has 0 radical (unpaired) electrons. The Morgan fingerprint density at radius 3 is 2.00 bits per heavy atom. The van der Waals surface area contributed by atoms with E-state index in [0.717, 1.165) is 0 Å². The van der Waals surface area contributed by atoms with Gasteiger partial charge in [-0.15, -0.1) is 0 Å². The maximum atomic E-state index is 2.30. The summed E-state index contributed by atoms with van der Waals surface area (Å²) >= 11 is 0. The van der Waals surface area contributed by atoms with E-state index < -0.39 is 0 Å². The third-order valence-corrected chi connectivity index (χ3v) is 2.49. The van der Waals surface area contributed by atoms with Crippen molar-refractivity contribution in [2.75, 3.05) is 0 Å². The van der Waals surface area contributed by atoms with E-state index >= 15 is 0 Å². The molecule has 0 bridgehead atoms. The molecule has 0 nitrogen and oxygen atoms in total. The third-order valence-electron chi connectivity index (χ3n) is 2.49. The van der Waals surface area contributed by atoms with Gasteiger partial charge in [-0.3, -0.25) is 0 Å². The normalized spacial score (nSPS) is 13.0. The van der Waals surface area contributed by atoms with Crippen molar-refractivity contribution in [3.8, 4) is 0 Å². The van der Waals surface area contributed by atoms with Crippen LogP contribution in [-0.2, 0) is 0 Å². The Morgan fingerprint density at radius 1 is 0.917 bits per heavy atom. The molecule has 0 N–H and O–H groups in total. The quantitative estimate of drug-likeness (QED) is 0.504. The second kappa shape index (κ2) is 7.39. The van der Waals surface area contributed by atoms with Crippen LogP contribution in [-0.4, -0.2) is 0 Å². The van der Waals surface area contributed by atoms with Crippen molar-refractivity contribution < 1.29 is 0 Å². The highest BCUT2D eigenvalue weighted by Gasteiger charge is 1.98. The van der Waals surface area contributed by atoms with E-state index in [1.807, 2.05) is 0 Å². The van der Waals surface area contributed by atoms with Crippen LogP contribution in [0.4, 0.5) is 0 Å². The van der Waals surface area contributed by atoms with Crippen LogP contribution in [0.1, 0.15) is 66.2 Å². The summed E-state index contributed by atoms with van der Waals surface area (Å²) in [7, 11) is 0. The number of hydrogen-bond donors (Lipinski definition) is 0. The molecular weight excluding hydrogens is 144 g/mol. The molecule has 0 aliphatic carbocycles. The number of allylic oxidation sites excluding steroid dienone is 2. The minimum Gasteiger partial charge on any atom is -0.0741 e. The molecular formula is C12H24. The maximum Gasteiger partial charge on any atom is -0.0318 e. The molecule has 0 heterocycles. The molecule has 72 valence electrons. The first-order chi connectivity index (χ1) is 5.76. The van der Waals surface area contributed by atoms with Crippen molar-refractivity contribution in [1.82, 2.24) is 0 Å². The van der Waals surface area contributed by atoms with Gasteiger partial charge in [0.25, 0.3) is 0 Å². The van der Waals surface area contributed by atoms with Crippen LogP contribution in [0.25, 0.3) is 0 Å². The summed E-state index contributed by atoms with van der Waals surface area (Å²) in [5, 5.41) is 0. The van der Waals surface area contributed by atoms with Crippen molar-refractivity contribution in [3.05, 3.63) is 11.1 Å². The van der Waals surface area contributed by atoms with E-state index in [9.17, 15) is 0 Å². The van der Waals surface area contributed by atoms with Gasteiger partial charge in [-0.05, 0) is 32.6 Å². The van der Waals surface area contributed by atoms with Gasteiger partial charge >= 0.3 is 0 Å². The Hall–Kier alpha value is -0.260. The summed E-state index contributed by atoms with van der Waals surface area (Å²) in [5.74, 6) is 0. The van der Waals surface area contributed by atoms with Gasteiger partial charge < -0.3 is 0 Å². The summed E-state index contributed by atoms with van der Waals surface area (Å²) < 4.78 is 0. The molecule has 0 spiro atoms. The van der Waals surface area contributed by atoms with Crippen molar-refractivity contribution in [2.45, 2.75) is 66.2 Å². The first-order valence-electron chi connectivity index (χ1n) is 5.43. The monoisotopic (exact) mass is 168 g/mol. The average molecular weight is 168 g/mol. The van der Waals surface area contributed by atoms with E-state index in [2.05, 4.69) is 27.7 Å². The second-order valence-corrected chi connectivity index (χ2v) is 3.59. The molecule has 0 heteroatoms. The molecule has 0 aromatic heterocycles. The zero-order chi connectivity index (χ0) is 9.40. The molecule has 0 unspecified atom stereocenters. The third kappa shape index (κ3) is 4.58. The van der Waals surface area contributed by atoms with E-state index in [1.165, 1.54) is 38.5 Å². The fourth-order valence-corrected chi connectivity index (χ4v) is 1.63. The zero-order valence-corrected chi connectivity index (χ0v) is 9.24. The summed E-state index contributed by atoms with van der Waals surface area (Å²) in [5.41, 5.74) is 3.35. The van der Waals surface area contributed by atoms with Crippen LogP contribution in [0.3, 0.4) is 0 Å². The van der Waals surface area contributed by atoms with Crippen LogP contribution < -0.4 is 0 Å². The Balaban J connectivity index is 3.98. The molecule has 0 atom stereocenters. The second-order valence-electron chi connectivity index (χ2n) is 3.59. The van der Waals surface area contributed by atoms with Gasteiger partial charge in [-0.25, -0.2) is 0 Å². The lowest BCUT2D eigenvalue weighted by molar-refractivity contribution is 0.744. The van der Waals surface area contributed by atoms with E-state index in [0.29, 0.717) is 0 Å². The molecule has 0 saturated heterocycles. The highest BCUT2D eigenvalue weighted by molar-refractivity contribution is 5.11. The lowest BCUT2D eigenvalue weighted by atomic mass is 9.98. The van der Waals surface area contributed by atoms with Crippen molar-refractivity contribution in [1.29, 1.82) is 0 Å². The van der Waals surface area contributed by atoms with Crippen LogP contribution in [0.2, 0.25) is 0 Å². The largest absolute Gasteiger partial charge is 0.0741 e. The Morgan fingerprint density at radius 2 is 1.58 bits per heavy atom. The molecule has 0 aromatic carbocycles. The van der Waals surface area contributed by atoms with Gasteiger partial charge in [0.2, 0.25) is 0 Å². The summed E-state index contributed by atoms with van der Waals surface area (Å²) in [6, 6.07) is 0. The molecule has 12 heavy (non-hydrogen) atoms. The van der Waals surface area contributed by atoms with Crippen molar-refractivity contribution >= 4 is 0 Å². The van der Waals surface area contributed by atoms with E-state index in [1.54, 1.807) is 11.1 Å². The van der Waals surface area contributed by atoms with Crippen LogP contribution >= 0.6 is 0 Å². The summed E-state index contributed by atoms with van der Waals surface area (Å²) in [6.07, 6.45) is 7.87. The fourth-order valence-electron chi connectivity index (χ4n) is 1.63. The van der Waals surface area contributed by atoms with Gasteiger partial charge in [0.05, 0.1) is 0 Å². The van der Waals surface area contributed by atoms with Gasteiger partial charge in [0.1, 0.15) is 0 Å². The molecule has 0 aliphatic rings. The van der Waals surface area contributed by atoms with Gasteiger partial charge in [0.15, 0.2) is 0 Å². The van der Waals surface area contributed by atoms with Crippen molar-refractivity contribution in [2.24, 2.45) is 0 Å². The first kappa shape index (κ1) is 11.7. The average Bonchev–Trinajstić information content (AvgIpc) is 2.06. The van der Waals surface area contributed by atoms with Crippen LogP contribution in [0.15, 0.2) is 11.1 Å². The Labute approximate surface area is 78.1 Å². The minimum atomic E-state index is 1.26. The maximum absolute atomic E-state index is 2.30. The molecule has 0 amide bonds. The molecule has 0 rings (SSSR count). The van der Waals surface area contributed by atoms with Gasteiger partial charge in [-0.2, -0.15) is 0 Å². The predicted octanol–water partition coefficient (Wildman–Crippen LogP) is 4.70. The van der Waals surface area contributed by atoms with Crippen LogP contribution in [0, 0.1) is 0 Å². The molecule has 0 saturated carbocycles. The Kier molecular flexibility index (Phi) is 7.23. The molecule has 0 fully saturated rings. The Bertz CT molecular complexity index is 131. The standard InChI is InChI=1S/C12H24/c1-5-8-10-12(7-3)11(4)9-6-2/h5-10H2,1-4H3/b12-11+. The number of rotatable bonds is 6. The highest BCUT2D eigenvalue weighted by atomic mass is 14.0. The van der Waals surface area contributed by atoms with E-state index in [-0.39, 0.29) is 0 Å². The van der Waals surface area contributed by atoms with Crippen molar-refractivity contribution in [3.63, 3.8) is 0 Å². The van der Waals surface area contributed by atoms with Crippen LogP contribution in [0.5, 0.6) is 0 Å². The van der Waals surface area contributed by atoms with Gasteiger partial charge in [0, 0.05) is 0 Å². The molecule has 0 aliphatic heterocycles. The topological polar surface area (TPSA) is 0 Å². The first-order valence-corrected chi connectivity index (χ1v) is 5.43. The summed E-state index contributed by atoms with van der Waals surface area (Å²) in [4.78, 5) is 0. The highest BCUT2D eigenvalue weighted by Crippen LogP contribution is 2.19. The minimum absolute atomic E-state index is 1.26. The number of hydrogen-bond acceptors (Lipinski definition) is 0. The molecule has 0 aromatic rings. The summed E-state index contributed by atoms with van der Waals surface area (Å²) in [6.45, 7) is 9.11. The fraction of sp³-hybridized carbons (Fsp3) is 0.833. The smallest absolute Gasteiger partial charge is 0.0318 e.